The standard InChI is InChI=1S/C14H24N2O2S/c1-5-6-12(3)16(4)19(17,18)14-8-7-13(10-15)9-11(14)2/h7-9,12H,5-6,10,15H2,1-4H3. The van der Waals surface area contributed by atoms with Crippen LogP contribution in [0.15, 0.2) is 23.1 Å². The lowest BCUT2D eigenvalue weighted by Gasteiger charge is -2.24. The lowest BCUT2D eigenvalue weighted by Crippen LogP contribution is -2.35. The first-order valence-electron chi connectivity index (χ1n) is 6.62. The van der Waals surface area contributed by atoms with Gasteiger partial charge in [-0.2, -0.15) is 4.31 Å². The summed E-state index contributed by atoms with van der Waals surface area (Å²) in [6.07, 6.45) is 1.82. The Balaban J connectivity index is 3.13. The molecule has 5 heteroatoms. The molecular formula is C14H24N2O2S. The minimum absolute atomic E-state index is 0.00332. The summed E-state index contributed by atoms with van der Waals surface area (Å²) in [6, 6.07) is 5.27. The third-order valence-corrected chi connectivity index (χ3v) is 5.59. The van der Waals surface area contributed by atoms with Gasteiger partial charge in [-0.05, 0) is 37.5 Å². The van der Waals surface area contributed by atoms with Crippen molar-refractivity contribution >= 4 is 10.0 Å². The summed E-state index contributed by atoms with van der Waals surface area (Å²) in [5, 5.41) is 0. The van der Waals surface area contributed by atoms with Gasteiger partial charge in [-0.25, -0.2) is 8.42 Å². The highest BCUT2D eigenvalue weighted by Crippen LogP contribution is 2.22. The molecule has 108 valence electrons. The summed E-state index contributed by atoms with van der Waals surface area (Å²) >= 11 is 0. The average Bonchev–Trinajstić information content (AvgIpc) is 2.37. The first-order valence-corrected chi connectivity index (χ1v) is 8.06. The summed E-state index contributed by atoms with van der Waals surface area (Å²) in [7, 11) is -1.78. The normalized spacial score (nSPS) is 13.8. The molecule has 1 rings (SSSR count). The maximum absolute atomic E-state index is 12.6. The van der Waals surface area contributed by atoms with Gasteiger partial charge in [0, 0.05) is 19.6 Å². The van der Waals surface area contributed by atoms with E-state index >= 15 is 0 Å². The lowest BCUT2D eigenvalue weighted by atomic mass is 10.1. The van der Waals surface area contributed by atoms with Gasteiger partial charge in [0.2, 0.25) is 10.0 Å². The summed E-state index contributed by atoms with van der Waals surface area (Å²) in [4.78, 5) is 0.371. The molecule has 19 heavy (non-hydrogen) atoms. The van der Waals surface area contributed by atoms with Crippen LogP contribution in [0.2, 0.25) is 0 Å². The molecule has 0 bridgehead atoms. The van der Waals surface area contributed by atoms with Crippen molar-refractivity contribution in [3.05, 3.63) is 29.3 Å². The predicted octanol–water partition coefficient (Wildman–Crippen LogP) is 2.26. The Kier molecular flexibility index (Phi) is 5.52. The lowest BCUT2D eigenvalue weighted by molar-refractivity contribution is 0.368. The summed E-state index contributed by atoms with van der Waals surface area (Å²) in [6.45, 7) is 6.22. The van der Waals surface area contributed by atoms with Crippen molar-refractivity contribution in [1.29, 1.82) is 0 Å². The van der Waals surface area contributed by atoms with Crippen LogP contribution in [0.25, 0.3) is 0 Å². The highest BCUT2D eigenvalue weighted by Gasteiger charge is 2.26. The molecule has 0 aliphatic carbocycles. The molecule has 4 nitrogen and oxygen atoms in total. The first-order chi connectivity index (χ1) is 8.84. The van der Waals surface area contributed by atoms with Crippen LogP contribution in [0.5, 0.6) is 0 Å². The quantitative estimate of drug-likeness (QED) is 0.871. The fraction of sp³-hybridized carbons (Fsp3) is 0.571. The van der Waals surface area contributed by atoms with Gasteiger partial charge < -0.3 is 5.73 Å². The van der Waals surface area contributed by atoms with Gasteiger partial charge in [0.25, 0.3) is 0 Å². The Hall–Kier alpha value is -0.910. The Labute approximate surface area is 116 Å². The number of rotatable bonds is 6. The Morgan fingerprint density at radius 1 is 1.37 bits per heavy atom. The Morgan fingerprint density at radius 3 is 2.47 bits per heavy atom. The van der Waals surface area contributed by atoms with Crippen molar-refractivity contribution in [2.24, 2.45) is 5.73 Å². The number of hydrogen-bond donors (Lipinski definition) is 1. The number of sulfonamides is 1. The number of hydrogen-bond acceptors (Lipinski definition) is 3. The molecule has 2 N–H and O–H groups in total. The largest absolute Gasteiger partial charge is 0.326 e. The van der Waals surface area contributed by atoms with Gasteiger partial charge in [-0.3, -0.25) is 0 Å². The molecule has 0 spiro atoms. The fourth-order valence-electron chi connectivity index (χ4n) is 2.12. The second-order valence-electron chi connectivity index (χ2n) is 4.96. The zero-order valence-corrected chi connectivity index (χ0v) is 13.0. The van der Waals surface area contributed by atoms with Crippen LogP contribution in [-0.4, -0.2) is 25.8 Å². The molecule has 0 amide bonds. The second kappa shape index (κ2) is 6.50. The Bertz CT molecular complexity index is 526. The predicted molar refractivity (Wildman–Crippen MR) is 78.4 cm³/mol. The minimum Gasteiger partial charge on any atom is -0.326 e. The van der Waals surface area contributed by atoms with Crippen molar-refractivity contribution in [1.82, 2.24) is 4.31 Å². The van der Waals surface area contributed by atoms with Crippen molar-refractivity contribution in [3.63, 3.8) is 0 Å². The molecule has 1 aromatic carbocycles. The smallest absolute Gasteiger partial charge is 0.243 e. The average molecular weight is 284 g/mol. The van der Waals surface area contributed by atoms with Gasteiger partial charge in [0.05, 0.1) is 4.90 Å². The van der Waals surface area contributed by atoms with Gasteiger partial charge in [-0.1, -0.05) is 25.5 Å². The van der Waals surface area contributed by atoms with Gasteiger partial charge in [0.15, 0.2) is 0 Å². The maximum Gasteiger partial charge on any atom is 0.243 e. The Morgan fingerprint density at radius 2 is 2.00 bits per heavy atom. The zero-order chi connectivity index (χ0) is 14.6. The molecule has 0 aliphatic rings. The third kappa shape index (κ3) is 3.55. The van der Waals surface area contributed by atoms with Gasteiger partial charge in [-0.15, -0.1) is 0 Å². The van der Waals surface area contributed by atoms with E-state index in [2.05, 4.69) is 6.92 Å². The molecule has 1 atom stereocenters. The van der Waals surface area contributed by atoms with E-state index in [-0.39, 0.29) is 6.04 Å². The van der Waals surface area contributed by atoms with Crippen LogP contribution < -0.4 is 5.73 Å². The molecule has 1 unspecified atom stereocenters. The number of benzene rings is 1. The maximum atomic E-state index is 12.6. The third-order valence-electron chi connectivity index (χ3n) is 3.46. The monoisotopic (exact) mass is 284 g/mol. The van der Waals surface area contributed by atoms with Crippen molar-refractivity contribution in [2.75, 3.05) is 7.05 Å². The molecule has 0 aromatic heterocycles. The van der Waals surface area contributed by atoms with Crippen LogP contribution in [0.4, 0.5) is 0 Å². The van der Waals surface area contributed by atoms with E-state index in [4.69, 9.17) is 5.73 Å². The summed E-state index contributed by atoms with van der Waals surface area (Å²) in [5.74, 6) is 0. The fourth-order valence-corrected chi connectivity index (χ4v) is 3.71. The van der Waals surface area contributed by atoms with Gasteiger partial charge >= 0.3 is 0 Å². The zero-order valence-electron chi connectivity index (χ0n) is 12.2. The number of nitrogens with two attached hydrogens (primary N) is 1. The van der Waals surface area contributed by atoms with Crippen LogP contribution in [0.1, 0.15) is 37.8 Å². The van der Waals surface area contributed by atoms with E-state index < -0.39 is 10.0 Å². The minimum atomic E-state index is -3.42. The molecule has 0 fully saturated rings. The molecule has 0 saturated heterocycles. The number of nitrogens with zero attached hydrogens (tertiary/aromatic N) is 1. The van der Waals surface area contributed by atoms with Crippen molar-refractivity contribution in [2.45, 2.75) is 51.1 Å². The molecule has 0 heterocycles. The molecule has 0 saturated carbocycles. The summed E-state index contributed by atoms with van der Waals surface area (Å²) < 4.78 is 26.6. The van der Waals surface area contributed by atoms with Gasteiger partial charge in [0.1, 0.15) is 0 Å². The highest BCUT2D eigenvalue weighted by molar-refractivity contribution is 7.89. The topological polar surface area (TPSA) is 63.4 Å². The summed E-state index contributed by atoms with van der Waals surface area (Å²) in [5.41, 5.74) is 7.26. The highest BCUT2D eigenvalue weighted by atomic mass is 32.2. The van der Waals surface area contributed by atoms with E-state index in [1.165, 1.54) is 4.31 Å². The second-order valence-corrected chi connectivity index (χ2v) is 6.93. The van der Waals surface area contributed by atoms with Crippen molar-refractivity contribution in [3.8, 4) is 0 Å². The molecular weight excluding hydrogens is 260 g/mol. The molecule has 1 aromatic rings. The van der Waals surface area contributed by atoms with Crippen LogP contribution in [-0.2, 0) is 16.6 Å². The van der Waals surface area contributed by atoms with E-state index in [0.29, 0.717) is 11.4 Å². The SMILES string of the molecule is CCCC(C)N(C)S(=O)(=O)c1ccc(CN)cc1C. The van der Waals surface area contributed by atoms with Crippen LogP contribution in [0, 0.1) is 6.92 Å². The first kappa shape index (κ1) is 16.1. The molecule has 0 aliphatic heterocycles. The van der Waals surface area contributed by atoms with E-state index in [1.54, 1.807) is 19.2 Å². The van der Waals surface area contributed by atoms with E-state index in [1.807, 2.05) is 19.9 Å². The van der Waals surface area contributed by atoms with Crippen LogP contribution in [0.3, 0.4) is 0 Å². The van der Waals surface area contributed by atoms with Crippen molar-refractivity contribution < 1.29 is 8.42 Å². The van der Waals surface area contributed by atoms with E-state index in [9.17, 15) is 8.42 Å². The van der Waals surface area contributed by atoms with E-state index in [0.717, 1.165) is 24.0 Å². The van der Waals surface area contributed by atoms with Crippen LogP contribution >= 0.6 is 0 Å². The molecule has 0 radical (unpaired) electrons. The number of aryl methyl sites for hydroxylation is 1.